The van der Waals surface area contributed by atoms with Gasteiger partial charge >= 0.3 is 6.09 Å². The number of carbonyl (C=O) groups is 2. The fourth-order valence-corrected chi connectivity index (χ4v) is 2.81. The van der Waals surface area contributed by atoms with E-state index in [1.165, 1.54) is 16.2 Å². The van der Waals surface area contributed by atoms with Gasteiger partial charge < -0.3 is 10.1 Å². The van der Waals surface area contributed by atoms with Crippen LogP contribution in [-0.4, -0.2) is 54.2 Å². The summed E-state index contributed by atoms with van der Waals surface area (Å²) in [6.07, 6.45) is 4.33. The second kappa shape index (κ2) is 8.19. The zero-order valence-corrected chi connectivity index (χ0v) is 15.7. The summed E-state index contributed by atoms with van der Waals surface area (Å²) >= 11 is 1.33. The van der Waals surface area contributed by atoms with Crippen molar-refractivity contribution in [3.8, 4) is 0 Å². The summed E-state index contributed by atoms with van der Waals surface area (Å²) in [5, 5.41) is 12.0. The van der Waals surface area contributed by atoms with Gasteiger partial charge in [-0.05, 0) is 27.2 Å². The SMILES string of the molecule is CN(C(=O)CCNC(=O)OC(C)(C)C)c1nnc(C2=CCCN=C2)s1. The van der Waals surface area contributed by atoms with E-state index in [4.69, 9.17) is 4.74 Å². The molecule has 0 fully saturated rings. The Kier molecular flexibility index (Phi) is 6.24. The molecular formula is C16H23N5O3S. The van der Waals surface area contributed by atoms with Crippen LogP contribution in [0.1, 0.15) is 38.6 Å². The van der Waals surface area contributed by atoms with E-state index in [0.717, 1.165) is 23.5 Å². The van der Waals surface area contributed by atoms with Crippen LogP contribution < -0.4 is 10.2 Å². The second-order valence-corrected chi connectivity index (χ2v) is 7.46. The van der Waals surface area contributed by atoms with Crippen molar-refractivity contribution in [1.82, 2.24) is 15.5 Å². The second-order valence-electron chi connectivity index (χ2n) is 6.50. The van der Waals surface area contributed by atoms with Crippen molar-refractivity contribution >= 4 is 40.3 Å². The number of carbonyl (C=O) groups excluding carboxylic acids is 2. The van der Waals surface area contributed by atoms with E-state index < -0.39 is 11.7 Å². The van der Waals surface area contributed by atoms with Gasteiger partial charge in [0.15, 0.2) is 5.01 Å². The van der Waals surface area contributed by atoms with E-state index in [9.17, 15) is 9.59 Å². The number of aliphatic imine (C=N–C) groups is 1. The molecule has 0 bridgehead atoms. The van der Waals surface area contributed by atoms with E-state index in [-0.39, 0.29) is 18.9 Å². The summed E-state index contributed by atoms with van der Waals surface area (Å²) in [7, 11) is 1.64. The Hall–Kier alpha value is -2.29. The smallest absolute Gasteiger partial charge is 0.407 e. The predicted octanol–water partition coefficient (Wildman–Crippen LogP) is 2.27. The van der Waals surface area contributed by atoms with Crippen molar-refractivity contribution in [2.45, 2.75) is 39.2 Å². The first kappa shape index (κ1) is 19.0. The fourth-order valence-electron chi connectivity index (χ4n) is 1.98. The Balaban J connectivity index is 1.84. The molecule has 25 heavy (non-hydrogen) atoms. The first-order valence-electron chi connectivity index (χ1n) is 8.03. The Morgan fingerprint density at radius 1 is 1.36 bits per heavy atom. The monoisotopic (exact) mass is 365 g/mol. The summed E-state index contributed by atoms with van der Waals surface area (Å²) < 4.78 is 5.12. The van der Waals surface area contributed by atoms with Gasteiger partial charge in [-0.2, -0.15) is 0 Å². The maximum atomic E-state index is 12.2. The third-order valence-electron chi connectivity index (χ3n) is 3.18. The summed E-state index contributed by atoms with van der Waals surface area (Å²) in [6.45, 7) is 6.33. The minimum absolute atomic E-state index is 0.148. The average molecular weight is 365 g/mol. The van der Waals surface area contributed by atoms with E-state index in [2.05, 4.69) is 26.6 Å². The number of nitrogens with one attached hydrogen (secondary N) is 1. The molecule has 1 N–H and O–H groups in total. The topological polar surface area (TPSA) is 96.8 Å². The van der Waals surface area contributed by atoms with Gasteiger partial charge in [-0.15, -0.1) is 10.2 Å². The highest BCUT2D eigenvalue weighted by molar-refractivity contribution is 7.16. The van der Waals surface area contributed by atoms with Gasteiger partial charge in [0.1, 0.15) is 5.60 Å². The van der Waals surface area contributed by atoms with Crippen LogP contribution in [0.15, 0.2) is 11.1 Å². The highest BCUT2D eigenvalue weighted by atomic mass is 32.1. The minimum atomic E-state index is -0.565. The quantitative estimate of drug-likeness (QED) is 0.863. The van der Waals surface area contributed by atoms with Crippen LogP contribution in [0, 0.1) is 0 Å². The third kappa shape index (κ3) is 5.93. The number of aromatic nitrogens is 2. The molecule has 9 heteroatoms. The first-order valence-corrected chi connectivity index (χ1v) is 8.85. The summed E-state index contributed by atoms with van der Waals surface area (Å²) in [5.74, 6) is -0.162. The van der Waals surface area contributed by atoms with Gasteiger partial charge in [0, 0.05) is 38.3 Å². The van der Waals surface area contributed by atoms with Crippen LogP contribution in [0.25, 0.3) is 5.57 Å². The number of hydrogen-bond acceptors (Lipinski definition) is 7. The first-order chi connectivity index (χ1) is 11.8. The van der Waals surface area contributed by atoms with Crippen molar-refractivity contribution < 1.29 is 14.3 Å². The summed E-state index contributed by atoms with van der Waals surface area (Å²) in [5.41, 5.74) is 0.368. The number of ether oxygens (including phenoxy) is 1. The molecule has 2 rings (SSSR count). The van der Waals surface area contributed by atoms with Gasteiger partial charge in [-0.1, -0.05) is 17.4 Å². The molecule has 0 saturated heterocycles. The lowest BCUT2D eigenvalue weighted by Crippen LogP contribution is -2.35. The number of rotatable bonds is 5. The maximum absolute atomic E-state index is 12.2. The number of nitrogens with zero attached hydrogens (tertiary/aromatic N) is 4. The molecule has 136 valence electrons. The molecule has 1 aromatic rings. The lowest BCUT2D eigenvalue weighted by atomic mass is 10.2. The van der Waals surface area contributed by atoms with Gasteiger partial charge in [-0.25, -0.2) is 4.79 Å². The van der Waals surface area contributed by atoms with Gasteiger partial charge in [0.25, 0.3) is 0 Å². The Bertz CT molecular complexity index is 690. The lowest BCUT2D eigenvalue weighted by Gasteiger charge is -2.20. The molecule has 1 aromatic heterocycles. The van der Waals surface area contributed by atoms with E-state index in [1.807, 2.05) is 0 Å². The molecule has 8 nitrogen and oxygen atoms in total. The molecule has 0 aliphatic carbocycles. The Morgan fingerprint density at radius 3 is 2.76 bits per heavy atom. The molecule has 0 spiro atoms. The number of dihydropyridines is 1. The van der Waals surface area contributed by atoms with Crippen LogP contribution in [-0.2, 0) is 9.53 Å². The molecule has 2 amide bonds. The fraction of sp³-hybridized carbons (Fsp3) is 0.562. The van der Waals surface area contributed by atoms with E-state index in [1.54, 1.807) is 34.0 Å². The summed E-state index contributed by atoms with van der Waals surface area (Å²) in [6, 6.07) is 0. The molecular weight excluding hydrogens is 342 g/mol. The minimum Gasteiger partial charge on any atom is -0.444 e. The Labute approximate surface area is 151 Å². The maximum Gasteiger partial charge on any atom is 0.407 e. The number of amides is 2. The van der Waals surface area contributed by atoms with Gasteiger partial charge in [0.2, 0.25) is 11.0 Å². The molecule has 1 aliphatic heterocycles. The standard InChI is InChI=1S/C16H23N5O3S/c1-16(2,3)24-15(23)18-9-7-12(22)21(4)14-20-19-13(25-14)11-6-5-8-17-10-11/h6,10H,5,7-9H2,1-4H3,(H,18,23). The average Bonchev–Trinajstić information content (AvgIpc) is 3.03. The van der Waals surface area contributed by atoms with Gasteiger partial charge in [0.05, 0.1) is 0 Å². The Morgan fingerprint density at radius 2 is 2.12 bits per heavy atom. The van der Waals surface area contributed by atoms with Crippen LogP contribution >= 0.6 is 11.3 Å². The van der Waals surface area contributed by atoms with E-state index >= 15 is 0 Å². The molecule has 0 atom stereocenters. The van der Waals surface area contributed by atoms with Crippen molar-refractivity contribution in [2.24, 2.45) is 4.99 Å². The zero-order valence-electron chi connectivity index (χ0n) is 14.9. The highest BCUT2D eigenvalue weighted by Crippen LogP contribution is 2.25. The normalized spacial score (nSPS) is 14.0. The van der Waals surface area contributed by atoms with Crippen molar-refractivity contribution in [3.05, 3.63) is 11.1 Å². The van der Waals surface area contributed by atoms with Crippen LogP contribution in [0.2, 0.25) is 0 Å². The van der Waals surface area contributed by atoms with Crippen LogP contribution in [0.3, 0.4) is 0 Å². The van der Waals surface area contributed by atoms with Crippen molar-refractivity contribution in [1.29, 1.82) is 0 Å². The third-order valence-corrected chi connectivity index (χ3v) is 4.23. The van der Waals surface area contributed by atoms with E-state index in [0.29, 0.717) is 5.13 Å². The predicted molar refractivity (Wildman–Crippen MR) is 98.1 cm³/mol. The number of alkyl carbamates (subject to hydrolysis) is 1. The molecule has 1 aliphatic rings. The molecule has 0 saturated carbocycles. The largest absolute Gasteiger partial charge is 0.444 e. The van der Waals surface area contributed by atoms with Gasteiger partial charge in [-0.3, -0.25) is 14.7 Å². The number of hydrogen-bond donors (Lipinski definition) is 1. The highest BCUT2D eigenvalue weighted by Gasteiger charge is 2.19. The lowest BCUT2D eigenvalue weighted by molar-refractivity contribution is -0.118. The zero-order chi connectivity index (χ0) is 18.4. The molecule has 0 unspecified atom stereocenters. The van der Waals surface area contributed by atoms with Crippen LogP contribution in [0.4, 0.5) is 9.93 Å². The van der Waals surface area contributed by atoms with Crippen molar-refractivity contribution in [2.75, 3.05) is 25.0 Å². The molecule has 2 heterocycles. The number of anilines is 1. The summed E-state index contributed by atoms with van der Waals surface area (Å²) in [4.78, 5) is 29.5. The molecule has 0 radical (unpaired) electrons. The number of allylic oxidation sites excluding steroid dienone is 1. The van der Waals surface area contributed by atoms with Crippen LogP contribution in [0.5, 0.6) is 0 Å². The molecule has 0 aromatic carbocycles. The van der Waals surface area contributed by atoms with Crippen molar-refractivity contribution in [3.63, 3.8) is 0 Å².